The van der Waals surface area contributed by atoms with Crippen LogP contribution in [-0.4, -0.2) is 12.7 Å². The van der Waals surface area contributed by atoms with Crippen LogP contribution < -0.4 is 0 Å². The average molecular weight is 178 g/mol. The van der Waals surface area contributed by atoms with Crippen LogP contribution in [0.3, 0.4) is 0 Å². The molecule has 0 amide bonds. The number of hydrogen-bond donors (Lipinski definition) is 0. The fourth-order valence-corrected chi connectivity index (χ4v) is 4.70. The summed E-state index contributed by atoms with van der Waals surface area (Å²) in [7, 11) is 0. The second-order valence-electron chi connectivity index (χ2n) is 5.61. The van der Waals surface area contributed by atoms with Crippen LogP contribution in [0.25, 0.3) is 0 Å². The molecule has 0 unspecified atom stereocenters. The lowest BCUT2D eigenvalue weighted by atomic mass is 9.89. The topological polar surface area (TPSA) is 9.23 Å². The molecule has 5 aliphatic rings. The summed E-state index contributed by atoms with van der Waals surface area (Å²) in [6.45, 7) is 5.31. The molecule has 0 radical (unpaired) electrons. The van der Waals surface area contributed by atoms with Gasteiger partial charge in [0.15, 0.2) is 0 Å². The van der Waals surface area contributed by atoms with E-state index in [2.05, 4.69) is 13.8 Å². The number of hydrogen-bond acceptors (Lipinski definition) is 1. The third kappa shape index (κ3) is 0.707. The molecule has 0 N–H and O–H groups in total. The Kier molecular flexibility index (Phi) is 1.11. The van der Waals surface area contributed by atoms with Crippen molar-refractivity contribution in [2.45, 2.75) is 26.4 Å². The first-order valence-corrected chi connectivity index (χ1v) is 5.96. The van der Waals surface area contributed by atoms with Crippen molar-refractivity contribution in [1.82, 2.24) is 0 Å². The van der Waals surface area contributed by atoms with E-state index in [1.54, 1.807) is 6.42 Å². The Balaban J connectivity index is 1.47. The quantitative estimate of drug-likeness (QED) is 0.643. The van der Waals surface area contributed by atoms with Crippen molar-refractivity contribution in [3.05, 3.63) is 0 Å². The van der Waals surface area contributed by atoms with Crippen LogP contribution in [0.2, 0.25) is 0 Å². The lowest BCUT2D eigenvalue weighted by molar-refractivity contribution is 0.0536. The van der Waals surface area contributed by atoms with Gasteiger partial charge in [-0.3, -0.25) is 0 Å². The van der Waals surface area contributed by atoms with E-state index in [-0.39, 0.29) is 0 Å². The summed E-state index contributed by atoms with van der Waals surface area (Å²) < 4.78 is 5.73. The Morgan fingerprint density at radius 2 is 1.92 bits per heavy atom. The van der Waals surface area contributed by atoms with E-state index in [4.69, 9.17) is 4.74 Å². The van der Waals surface area contributed by atoms with E-state index in [1.807, 2.05) is 0 Å². The van der Waals surface area contributed by atoms with Crippen molar-refractivity contribution in [2.75, 3.05) is 6.61 Å². The summed E-state index contributed by atoms with van der Waals surface area (Å²) in [5.74, 6) is 8.00. The lowest BCUT2D eigenvalue weighted by Crippen LogP contribution is -2.13. The molecule has 5 saturated carbocycles. The molecule has 6 atom stereocenters. The van der Waals surface area contributed by atoms with Gasteiger partial charge in [-0.2, -0.15) is 0 Å². The van der Waals surface area contributed by atoms with Crippen LogP contribution in [0.15, 0.2) is 0 Å². The smallest absolute Gasteiger partial charge is 0.0580 e. The van der Waals surface area contributed by atoms with Gasteiger partial charge in [0.05, 0.1) is 6.10 Å². The molecule has 1 nitrogen and oxygen atoms in total. The SMILES string of the molecule is CCO[C@H](C)[C@@H]1[C@@H]2CC3[C@H]4C([C@H]34)[C@@H]21. The molecule has 0 aliphatic heterocycles. The fraction of sp³-hybridized carbons (Fsp3) is 1.00. The maximum absolute atomic E-state index is 5.73. The Morgan fingerprint density at radius 1 is 1.15 bits per heavy atom. The van der Waals surface area contributed by atoms with Crippen molar-refractivity contribution in [1.29, 1.82) is 0 Å². The zero-order valence-electron chi connectivity index (χ0n) is 8.44. The molecule has 5 fully saturated rings. The highest BCUT2D eigenvalue weighted by Gasteiger charge is 2.84. The van der Waals surface area contributed by atoms with Crippen LogP contribution in [0.4, 0.5) is 0 Å². The summed E-state index contributed by atoms with van der Waals surface area (Å²) in [6.07, 6.45) is 2.12. The second-order valence-corrected chi connectivity index (χ2v) is 5.61. The summed E-state index contributed by atoms with van der Waals surface area (Å²) in [4.78, 5) is 0. The van der Waals surface area contributed by atoms with Gasteiger partial charge in [0.25, 0.3) is 0 Å². The van der Waals surface area contributed by atoms with Crippen molar-refractivity contribution in [3.8, 4) is 0 Å². The van der Waals surface area contributed by atoms with Gasteiger partial charge in [-0.15, -0.1) is 0 Å². The van der Waals surface area contributed by atoms with Crippen LogP contribution in [-0.2, 0) is 4.74 Å². The van der Waals surface area contributed by atoms with E-state index in [0.717, 1.165) is 24.4 Å². The minimum Gasteiger partial charge on any atom is -0.378 e. The van der Waals surface area contributed by atoms with Crippen molar-refractivity contribution in [2.24, 2.45) is 41.4 Å². The summed E-state index contributed by atoms with van der Waals surface area (Å²) in [5, 5.41) is 0. The Labute approximate surface area is 79.8 Å². The van der Waals surface area contributed by atoms with Crippen LogP contribution in [0.5, 0.6) is 0 Å². The standard InChI is InChI=1S/C12H18O/c1-3-13-5(2)8-6-4-7-10-11(7)12(10)9(6)8/h5-12H,3-4H2,1-2H3/t5-,6+,7?,8-,9+,10-,11-,12?/m1/s1. The molecule has 0 aromatic rings. The Hall–Kier alpha value is -0.0400. The molecule has 72 valence electrons. The van der Waals surface area contributed by atoms with Gasteiger partial charge in [-0.25, -0.2) is 0 Å². The van der Waals surface area contributed by atoms with Gasteiger partial charge in [-0.05, 0) is 61.7 Å². The largest absolute Gasteiger partial charge is 0.378 e. The maximum atomic E-state index is 5.73. The van der Waals surface area contributed by atoms with E-state index in [1.165, 1.54) is 23.7 Å². The number of ether oxygens (including phenoxy) is 1. The van der Waals surface area contributed by atoms with Crippen molar-refractivity contribution >= 4 is 0 Å². The molecule has 0 spiro atoms. The molecule has 0 aromatic heterocycles. The molecule has 0 aromatic carbocycles. The lowest BCUT2D eigenvalue weighted by Gasteiger charge is -2.16. The molecule has 5 aliphatic carbocycles. The maximum Gasteiger partial charge on any atom is 0.0580 e. The van der Waals surface area contributed by atoms with E-state index >= 15 is 0 Å². The minimum absolute atomic E-state index is 0.554. The van der Waals surface area contributed by atoms with Crippen molar-refractivity contribution in [3.63, 3.8) is 0 Å². The summed E-state index contributed by atoms with van der Waals surface area (Å²) in [5.41, 5.74) is 0. The zero-order chi connectivity index (χ0) is 8.74. The van der Waals surface area contributed by atoms with Crippen LogP contribution >= 0.6 is 0 Å². The molecule has 5 rings (SSSR count). The average Bonchev–Trinajstić information content (AvgIpc) is 2.98. The zero-order valence-corrected chi connectivity index (χ0v) is 8.44. The first-order chi connectivity index (χ1) is 6.34. The van der Waals surface area contributed by atoms with Gasteiger partial charge in [0.1, 0.15) is 0 Å². The van der Waals surface area contributed by atoms with Gasteiger partial charge in [0.2, 0.25) is 0 Å². The predicted octanol–water partition coefficient (Wildman–Crippen LogP) is 2.17. The predicted molar refractivity (Wildman–Crippen MR) is 50.1 cm³/mol. The highest BCUT2D eigenvalue weighted by Crippen LogP contribution is 2.88. The third-order valence-corrected chi connectivity index (χ3v) is 5.29. The van der Waals surface area contributed by atoms with Crippen molar-refractivity contribution < 1.29 is 4.74 Å². The molecule has 0 saturated heterocycles. The van der Waals surface area contributed by atoms with Gasteiger partial charge < -0.3 is 4.74 Å². The van der Waals surface area contributed by atoms with Crippen LogP contribution in [0, 0.1) is 41.4 Å². The van der Waals surface area contributed by atoms with E-state index in [9.17, 15) is 0 Å². The first kappa shape index (κ1) is 7.28. The normalized spacial score (nSPS) is 66.5. The highest BCUT2D eigenvalue weighted by molar-refractivity contribution is 5.31. The second kappa shape index (κ2) is 1.98. The molecule has 13 heavy (non-hydrogen) atoms. The summed E-state index contributed by atoms with van der Waals surface area (Å²) in [6, 6.07) is 0. The van der Waals surface area contributed by atoms with E-state index < -0.39 is 0 Å². The highest BCUT2D eigenvalue weighted by atomic mass is 16.5. The molecular formula is C12H18O. The summed E-state index contributed by atoms with van der Waals surface area (Å²) >= 11 is 0. The third-order valence-electron chi connectivity index (χ3n) is 5.29. The number of rotatable bonds is 3. The van der Waals surface area contributed by atoms with Crippen LogP contribution in [0.1, 0.15) is 20.3 Å². The fourth-order valence-electron chi connectivity index (χ4n) is 4.70. The van der Waals surface area contributed by atoms with Gasteiger partial charge in [-0.1, -0.05) is 0 Å². The molecule has 2 bridgehead atoms. The Bertz CT molecular complexity index is 245. The minimum atomic E-state index is 0.554. The van der Waals surface area contributed by atoms with E-state index in [0.29, 0.717) is 6.10 Å². The van der Waals surface area contributed by atoms with Gasteiger partial charge in [0, 0.05) is 6.61 Å². The molecule has 0 heterocycles. The Morgan fingerprint density at radius 3 is 2.54 bits per heavy atom. The van der Waals surface area contributed by atoms with Gasteiger partial charge >= 0.3 is 0 Å². The monoisotopic (exact) mass is 178 g/mol. The molecule has 1 heteroatoms. The molecular weight excluding hydrogens is 160 g/mol. The first-order valence-electron chi connectivity index (χ1n) is 5.96.